The zero-order chi connectivity index (χ0) is 23.8. The largest absolute Gasteiger partial charge is 0.348 e. The number of carbonyl (C=O) groups is 1. The molecule has 1 heterocycles. The van der Waals surface area contributed by atoms with Crippen LogP contribution in [0.4, 0.5) is 5.69 Å². The van der Waals surface area contributed by atoms with Crippen molar-refractivity contribution in [2.75, 3.05) is 4.72 Å². The molecule has 0 atom stereocenters. The first-order chi connectivity index (χ1) is 16.5. The first-order valence-electron chi connectivity index (χ1n) is 10.7. The predicted molar refractivity (Wildman–Crippen MR) is 133 cm³/mol. The van der Waals surface area contributed by atoms with Crippen LogP contribution in [0.15, 0.2) is 103 Å². The lowest BCUT2D eigenvalue weighted by molar-refractivity contribution is 0.0951. The summed E-state index contributed by atoms with van der Waals surface area (Å²) >= 11 is 0. The summed E-state index contributed by atoms with van der Waals surface area (Å²) in [6.45, 7) is 0.988. The Labute approximate surface area is 198 Å². The summed E-state index contributed by atoms with van der Waals surface area (Å²) in [7, 11) is -3.68. The summed E-state index contributed by atoms with van der Waals surface area (Å²) in [5, 5.41) is 8.27. The zero-order valence-corrected chi connectivity index (χ0v) is 19.2. The Morgan fingerprint density at radius 3 is 2.29 bits per heavy atom. The number of hydrogen-bond donors (Lipinski definition) is 2. The van der Waals surface area contributed by atoms with Gasteiger partial charge in [0, 0.05) is 30.2 Å². The van der Waals surface area contributed by atoms with Crippen molar-refractivity contribution in [1.82, 2.24) is 15.1 Å². The number of anilines is 1. The Hall–Kier alpha value is -4.17. The van der Waals surface area contributed by atoms with E-state index in [1.165, 1.54) is 6.08 Å². The van der Waals surface area contributed by atoms with Crippen LogP contribution in [0.3, 0.4) is 0 Å². The van der Waals surface area contributed by atoms with Crippen molar-refractivity contribution in [2.45, 2.75) is 13.1 Å². The molecule has 4 rings (SSSR count). The standard InChI is InChI=1S/C26H24N4O3S/c31-26(27-19-23-9-4-5-10-24(23)20-30-17-6-16-28-30)22-11-13-25(14-12-22)29-34(32,33)18-15-21-7-2-1-3-8-21/h1-18,29H,19-20H2,(H,27,31)/b18-15+. The highest BCUT2D eigenvalue weighted by Gasteiger charge is 2.10. The number of amides is 1. The number of benzene rings is 3. The number of sulfonamides is 1. The van der Waals surface area contributed by atoms with Crippen LogP contribution >= 0.6 is 0 Å². The molecule has 1 amide bonds. The lowest BCUT2D eigenvalue weighted by Gasteiger charge is -2.11. The highest BCUT2D eigenvalue weighted by atomic mass is 32.2. The van der Waals surface area contributed by atoms with Gasteiger partial charge < -0.3 is 5.32 Å². The van der Waals surface area contributed by atoms with Crippen molar-refractivity contribution < 1.29 is 13.2 Å². The van der Waals surface area contributed by atoms with Crippen LogP contribution in [0, 0.1) is 0 Å². The van der Waals surface area contributed by atoms with Gasteiger partial charge in [-0.1, -0.05) is 54.6 Å². The summed E-state index contributed by atoms with van der Waals surface area (Å²) in [5.74, 6) is -0.243. The topological polar surface area (TPSA) is 93.1 Å². The van der Waals surface area contributed by atoms with Crippen molar-refractivity contribution in [3.63, 3.8) is 0 Å². The molecule has 1 aromatic heterocycles. The van der Waals surface area contributed by atoms with Crippen LogP contribution in [-0.4, -0.2) is 24.1 Å². The summed E-state index contributed by atoms with van der Waals surface area (Å²) in [6.07, 6.45) is 5.14. The maximum Gasteiger partial charge on any atom is 0.255 e. The lowest BCUT2D eigenvalue weighted by atomic mass is 10.1. The van der Waals surface area contributed by atoms with E-state index >= 15 is 0 Å². The fraction of sp³-hybridized carbons (Fsp3) is 0.0769. The van der Waals surface area contributed by atoms with E-state index in [9.17, 15) is 13.2 Å². The summed E-state index contributed by atoms with van der Waals surface area (Å²) in [4.78, 5) is 12.6. The molecule has 0 saturated carbocycles. The Morgan fingerprint density at radius 1 is 0.882 bits per heavy atom. The second-order valence-electron chi connectivity index (χ2n) is 7.59. The Kier molecular flexibility index (Phi) is 7.19. The second kappa shape index (κ2) is 10.6. The molecule has 172 valence electrons. The number of nitrogens with zero attached hydrogens (tertiary/aromatic N) is 2. The quantitative estimate of drug-likeness (QED) is 0.380. The molecule has 0 aliphatic rings. The summed E-state index contributed by atoms with van der Waals surface area (Å²) in [5.41, 5.74) is 3.66. The van der Waals surface area contributed by atoms with Gasteiger partial charge in [0.1, 0.15) is 0 Å². The summed E-state index contributed by atoms with van der Waals surface area (Å²) < 4.78 is 28.9. The van der Waals surface area contributed by atoms with Gasteiger partial charge in [-0.3, -0.25) is 14.2 Å². The van der Waals surface area contributed by atoms with E-state index in [-0.39, 0.29) is 5.91 Å². The van der Waals surface area contributed by atoms with E-state index in [1.807, 2.05) is 71.5 Å². The smallest absolute Gasteiger partial charge is 0.255 e. The fourth-order valence-electron chi connectivity index (χ4n) is 3.35. The molecule has 3 aromatic carbocycles. The molecule has 0 aliphatic carbocycles. The molecule has 8 heteroatoms. The molecule has 0 radical (unpaired) electrons. The fourth-order valence-corrected chi connectivity index (χ4v) is 4.22. The maximum absolute atomic E-state index is 12.6. The van der Waals surface area contributed by atoms with Crippen molar-refractivity contribution in [2.24, 2.45) is 0 Å². The SMILES string of the molecule is O=C(NCc1ccccc1Cn1cccn1)c1ccc(NS(=O)(=O)/C=C/c2ccccc2)cc1. The molecular weight excluding hydrogens is 448 g/mol. The van der Waals surface area contributed by atoms with E-state index in [0.29, 0.717) is 24.3 Å². The number of nitrogens with one attached hydrogen (secondary N) is 2. The average Bonchev–Trinajstić information content (AvgIpc) is 3.36. The lowest BCUT2D eigenvalue weighted by Crippen LogP contribution is -2.23. The minimum Gasteiger partial charge on any atom is -0.348 e. The number of rotatable bonds is 9. The molecule has 0 bridgehead atoms. The van der Waals surface area contributed by atoms with Gasteiger partial charge in [0.25, 0.3) is 15.9 Å². The van der Waals surface area contributed by atoms with Crippen LogP contribution in [0.1, 0.15) is 27.0 Å². The molecule has 0 saturated heterocycles. The molecule has 34 heavy (non-hydrogen) atoms. The van der Waals surface area contributed by atoms with Crippen LogP contribution in [-0.2, 0) is 23.1 Å². The first-order valence-corrected chi connectivity index (χ1v) is 12.2. The normalized spacial score (nSPS) is 11.4. The van der Waals surface area contributed by atoms with Gasteiger partial charge in [-0.05, 0) is 53.1 Å². The van der Waals surface area contributed by atoms with Crippen LogP contribution < -0.4 is 10.0 Å². The number of hydrogen-bond acceptors (Lipinski definition) is 4. The van der Waals surface area contributed by atoms with Gasteiger partial charge >= 0.3 is 0 Å². The van der Waals surface area contributed by atoms with Crippen molar-refractivity contribution >= 4 is 27.7 Å². The molecule has 4 aromatic rings. The molecule has 0 fully saturated rings. The second-order valence-corrected chi connectivity index (χ2v) is 9.16. The van der Waals surface area contributed by atoms with E-state index in [0.717, 1.165) is 22.1 Å². The van der Waals surface area contributed by atoms with Crippen LogP contribution in [0.2, 0.25) is 0 Å². The van der Waals surface area contributed by atoms with E-state index in [4.69, 9.17) is 0 Å². The predicted octanol–water partition coefficient (Wildman–Crippen LogP) is 4.27. The van der Waals surface area contributed by atoms with Crippen molar-refractivity contribution in [3.05, 3.63) is 125 Å². The van der Waals surface area contributed by atoms with Gasteiger partial charge in [0.2, 0.25) is 0 Å². The maximum atomic E-state index is 12.6. The van der Waals surface area contributed by atoms with Gasteiger partial charge in [0.15, 0.2) is 0 Å². The Morgan fingerprint density at radius 2 is 1.59 bits per heavy atom. The number of aromatic nitrogens is 2. The van der Waals surface area contributed by atoms with E-state index in [1.54, 1.807) is 30.5 Å². The highest BCUT2D eigenvalue weighted by molar-refractivity contribution is 7.95. The Bertz CT molecular complexity index is 1370. The third-order valence-corrected chi connectivity index (χ3v) is 6.11. The monoisotopic (exact) mass is 472 g/mol. The molecule has 2 N–H and O–H groups in total. The molecule has 0 spiro atoms. The summed E-state index contributed by atoms with van der Waals surface area (Å²) in [6, 6.07) is 25.2. The minimum atomic E-state index is -3.68. The van der Waals surface area contributed by atoms with Crippen molar-refractivity contribution in [1.29, 1.82) is 0 Å². The van der Waals surface area contributed by atoms with Gasteiger partial charge in [-0.15, -0.1) is 0 Å². The van der Waals surface area contributed by atoms with Crippen molar-refractivity contribution in [3.8, 4) is 0 Å². The minimum absolute atomic E-state index is 0.243. The highest BCUT2D eigenvalue weighted by Crippen LogP contribution is 2.14. The third kappa shape index (κ3) is 6.43. The van der Waals surface area contributed by atoms with E-state index < -0.39 is 10.0 Å². The first kappa shape index (κ1) is 23.0. The zero-order valence-electron chi connectivity index (χ0n) is 18.3. The van der Waals surface area contributed by atoms with Crippen LogP contribution in [0.25, 0.3) is 6.08 Å². The number of carbonyl (C=O) groups excluding carboxylic acids is 1. The van der Waals surface area contributed by atoms with E-state index in [2.05, 4.69) is 15.1 Å². The molecule has 0 aliphatic heterocycles. The van der Waals surface area contributed by atoms with Gasteiger partial charge in [0.05, 0.1) is 12.0 Å². The molecular formula is C26H24N4O3S. The Balaban J connectivity index is 1.35. The van der Waals surface area contributed by atoms with Crippen LogP contribution in [0.5, 0.6) is 0 Å². The third-order valence-electron chi connectivity index (χ3n) is 5.10. The molecule has 7 nitrogen and oxygen atoms in total. The van der Waals surface area contributed by atoms with Gasteiger partial charge in [-0.2, -0.15) is 5.10 Å². The average molecular weight is 473 g/mol. The molecule has 0 unspecified atom stereocenters. The van der Waals surface area contributed by atoms with Gasteiger partial charge in [-0.25, -0.2) is 8.42 Å².